The Kier molecular flexibility index (Phi) is 4.95. The van der Waals surface area contributed by atoms with Gasteiger partial charge in [0.05, 0.1) is 30.5 Å². The molecule has 4 rings (SSSR count). The zero-order valence-electron chi connectivity index (χ0n) is 14.7. The van der Waals surface area contributed by atoms with Crippen LogP contribution in [-0.4, -0.2) is 56.5 Å². The van der Waals surface area contributed by atoms with E-state index in [1.165, 1.54) is 6.33 Å². The summed E-state index contributed by atoms with van der Waals surface area (Å²) in [5, 5.41) is 14.0. The topological polar surface area (TPSA) is 80.5 Å². The lowest BCUT2D eigenvalue weighted by Crippen LogP contribution is -2.49. The number of benzene rings is 2. The number of para-hydroxylation sites is 1. The van der Waals surface area contributed by atoms with Gasteiger partial charge >= 0.3 is 0 Å². The van der Waals surface area contributed by atoms with Crippen LogP contribution in [0.15, 0.2) is 67.3 Å². The third-order valence-electron chi connectivity index (χ3n) is 4.73. The summed E-state index contributed by atoms with van der Waals surface area (Å²) in [7, 11) is 0. The molecule has 1 N–H and O–H groups in total. The lowest BCUT2D eigenvalue weighted by atomic mass is 9.97. The molecule has 2 aromatic carbocycles. The van der Waals surface area contributed by atoms with E-state index in [1.54, 1.807) is 22.0 Å². The van der Waals surface area contributed by atoms with Crippen LogP contribution in [0.3, 0.4) is 0 Å². The van der Waals surface area contributed by atoms with Crippen molar-refractivity contribution in [2.45, 2.75) is 12.1 Å². The van der Waals surface area contributed by atoms with Crippen LogP contribution in [0.1, 0.15) is 22.0 Å². The van der Waals surface area contributed by atoms with Crippen LogP contribution in [0, 0.1) is 0 Å². The molecule has 1 saturated heterocycles. The first-order valence-electron chi connectivity index (χ1n) is 8.82. The Balaban J connectivity index is 1.74. The third-order valence-corrected chi connectivity index (χ3v) is 4.73. The number of carbonyl (C=O) groups excluding carboxylic acids is 1. The summed E-state index contributed by atoms with van der Waals surface area (Å²) in [5.74, 6) is -0.128. The molecule has 0 saturated carbocycles. The van der Waals surface area contributed by atoms with Crippen molar-refractivity contribution in [1.82, 2.24) is 19.7 Å². The zero-order valence-corrected chi connectivity index (χ0v) is 14.7. The number of hydrogen-bond donors (Lipinski definition) is 1. The number of morpholine rings is 1. The fourth-order valence-corrected chi connectivity index (χ4v) is 3.50. The molecule has 2 heterocycles. The second-order valence-corrected chi connectivity index (χ2v) is 6.30. The number of hydrogen-bond acceptors (Lipinski definition) is 5. The number of aromatic nitrogens is 3. The second kappa shape index (κ2) is 7.69. The van der Waals surface area contributed by atoms with E-state index in [4.69, 9.17) is 4.74 Å². The largest absolute Gasteiger partial charge is 0.394 e. The van der Waals surface area contributed by atoms with E-state index in [0.717, 1.165) is 5.56 Å². The smallest absolute Gasteiger partial charge is 0.256 e. The van der Waals surface area contributed by atoms with Crippen LogP contribution in [0.5, 0.6) is 0 Å². The van der Waals surface area contributed by atoms with Gasteiger partial charge in [0.2, 0.25) is 0 Å². The van der Waals surface area contributed by atoms with Gasteiger partial charge in [0, 0.05) is 6.54 Å². The lowest BCUT2D eigenvalue weighted by molar-refractivity contribution is -0.0811. The van der Waals surface area contributed by atoms with Gasteiger partial charge in [0.25, 0.3) is 5.91 Å². The van der Waals surface area contributed by atoms with Crippen LogP contribution in [0.25, 0.3) is 5.69 Å². The lowest BCUT2D eigenvalue weighted by Gasteiger charge is -2.41. The predicted octanol–water partition coefficient (Wildman–Crippen LogP) is 1.84. The van der Waals surface area contributed by atoms with Crippen molar-refractivity contribution in [2.75, 3.05) is 19.8 Å². The maximum absolute atomic E-state index is 13.5. The molecule has 7 heteroatoms. The molecule has 27 heavy (non-hydrogen) atoms. The number of amides is 1. The van der Waals surface area contributed by atoms with E-state index in [9.17, 15) is 9.90 Å². The van der Waals surface area contributed by atoms with Gasteiger partial charge in [0.1, 0.15) is 18.8 Å². The molecule has 1 fully saturated rings. The zero-order chi connectivity index (χ0) is 18.6. The summed E-state index contributed by atoms with van der Waals surface area (Å²) in [6.45, 7) is 0.667. The Bertz CT molecular complexity index is 899. The molecular weight excluding hydrogens is 344 g/mol. The Morgan fingerprint density at radius 3 is 2.67 bits per heavy atom. The van der Waals surface area contributed by atoms with Crippen molar-refractivity contribution < 1.29 is 14.6 Å². The maximum atomic E-state index is 13.5. The van der Waals surface area contributed by atoms with Crippen LogP contribution in [0.4, 0.5) is 0 Å². The van der Waals surface area contributed by atoms with E-state index in [1.807, 2.05) is 48.5 Å². The van der Waals surface area contributed by atoms with Crippen molar-refractivity contribution in [2.24, 2.45) is 0 Å². The normalized spacial score (nSPS) is 19.8. The molecule has 7 nitrogen and oxygen atoms in total. The highest BCUT2D eigenvalue weighted by Gasteiger charge is 2.37. The van der Waals surface area contributed by atoms with Crippen molar-refractivity contribution in [3.8, 4) is 5.69 Å². The van der Waals surface area contributed by atoms with E-state index < -0.39 is 6.10 Å². The fraction of sp³-hybridized carbons (Fsp3) is 0.250. The first kappa shape index (κ1) is 17.4. The van der Waals surface area contributed by atoms with Gasteiger partial charge in [-0.1, -0.05) is 42.5 Å². The summed E-state index contributed by atoms with van der Waals surface area (Å²) in [6.07, 6.45) is 2.53. The number of aliphatic hydroxyl groups is 1. The van der Waals surface area contributed by atoms with E-state index in [2.05, 4.69) is 10.1 Å². The summed E-state index contributed by atoms with van der Waals surface area (Å²) in [4.78, 5) is 19.2. The molecule has 3 aromatic rings. The Morgan fingerprint density at radius 1 is 1.15 bits per heavy atom. The van der Waals surface area contributed by atoms with Gasteiger partial charge in [0.15, 0.2) is 0 Å². The molecular formula is C20H20N4O3. The van der Waals surface area contributed by atoms with Gasteiger partial charge in [-0.2, -0.15) is 5.10 Å². The van der Waals surface area contributed by atoms with Crippen LogP contribution >= 0.6 is 0 Å². The number of nitrogens with zero attached hydrogens (tertiary/aromatic N) is 4. The second-order valence-electron chi connectivity index (χ2n) is 6.30. The van der Waals surface area contributed by atoms with Gasteiger partial charge in [-0.05, 0) is 17.7 Å². The SMILES string of the molecule is O=C(c1ccccc1-n1cncn1)N1CCO[C@H](CO)[C@H]1c1ccccc1. The third kappa shape index (κ3) is 3.34. The Morgan fingerprint density at radius 2 is 1.93 bits per heavy atom. The molecule has 1 aliphatic rings. The molecule has 1 amide bonds. The van der Waals surface area contributed by atoms with Crippen molar-refractivity contribution in [3.63, 3.8) is 0 Å². The highest BCUT2D eigenvalue weighted by atomic mass is 16.5. The Hall–Kier alpha value is -3.03. The molecule has 1 aromatic heterocycles. The van der Waals surface area contributed by atoms with Gasteiger partial charge in [-0.3, -0.25) is 4.79 Å². The standard InChI is InChI=1S/C20H20N4O3/c25-12-18-19(15-6-2-1-3-7-15)23(10-11-27-18)20(26)16-8-4-5-9-17(16)24-14-21-13-22-24/h1-9,13-14,18-19,25H,10-12H2/t18-,19-/m1/s1. The van der Waals surface area contributed by atoms with E-state index in [0.29, 0.717) is 24.4 Å². The summed E-state index contributed by atoms with van der Waals surface area (Å²) in [5.41, 5.74) is 2.13. The van der Waals surface area contributed by atoms with Crippen LogP contribution in [0.2, 0.25) is 0 Å². The molecule has 2 atom stereocenters. The highest BCUT2D eigenvalue weighted by molar-refractivity contribution is 5.98. The first-order chi connectivity index (χ1) is 13.3. The minimum atomic E-state index is -0.469. The number of aliphatic hydroxyl groups excluding tert-OH is 1. The van der Waals surface area contributed by atoms with Crippen molar-refractivity contribution in [3.05, 3.63) is 78.4 Å². The maximum Gasteiger partial charge on any atom is 0.256 e. The average molecular weight is 364 g/mol. The Labute approximate surface area is 156 Å². The van der Waals surface area contributed by atoms with Gasteiger partial charge in [-0.15, -0.1) is 0 Å². The number of ether oxygens (including phenoxy) is 1. The molecule has 0 radical (unpaired) electrons. The average Bonchev–Trinajstić information content (AvgIpc) is 3.28. The summed E-state index contributed by atoms with van der Waals surface area (Å²) >= 11 is 0. The summed E-state index contributed by atoms with van der Waals surface area (Å²) in [6, 6.07) is 16.6. The monoisotopic (exact) mass is 364 g/mol. The van der Waals surface area contributed by atoms with E-state index in [-0.39, 0.29) is 18.6 Å². The van der Waals surface area contributed by atoms with Crippen LogP contribution in [-0.2, 0) is 4.74 Å². The molecule has 0 unspecified atom stereocenters. The minimum absolute atomic E-state index is 0.128. The highest BCUT2D eigenvalue weighted by Crippen LogP contribution is 2.31. The first-order valence-corrected chi connectivity index (χ1v) is 8.82. The van der Waals surface area contributed by atoms with Crippen molar-refractivity contribution >= 4 is 5.91 Å². The number of rotatable bonds is 4. The molecule has 138 valence electrons. The van der Waals surface area contributed by atoms with Gasteiger partial charge in [-0.25, -0.2) is 9.67 Å². The van der Waals surface area contributed by atoms with Crippen molar-refractivity contribution in [1.29, 1.82) is 0 Å². The predicted molar refractivity (Wildman–Crippen MR) is 98.4 cm³/mol. The summed E-state index contributed by atoms with van der Waals surface area (Å²) < 4.78 is 7.32. The number of carbonyl (C=O) groups is 1. The fourth-order valence-electron chi connectivity index (χ4n) is 3.50. The molecule has 1 aliphatic heterocycles. The van der Waals surface area contributed by atoms with Crippen LogP contribution < -0.4 is 0 Å². The van der Waals surface area contributed by atoms with Gasteiger partial charge < -0.3 is 14.7 Å². The molecule has 0 aliphatic carbocycles. The minimum Gasteiger partial charge on any atom is -0.394 e. The molecule has 0 bridgehead atoms. The molecule has 0 spiro atoms. The van der Waals surface area contributed by atoms with E-state index >= 15 is 0 Å². The quantitative estimate of drug-likeness (QED) is 0.764.